The number of imidazole rings is 1. The van der Waals surface area contributed by atoms with Crippen LogP contribution in [0.1, 0.15) is 31.5 Å². The first-order valence-corrected chi connectivity index (χ1v) is 6.69. The molecule has 0 spiro atoms. The molecule has 0 unspecified atom stereocenters. The highest BCUT2D eigenvalue weighted by atomic mass is 19.1. The summed E-state index contributed by atoms with van der Waals surface area (Å²) >= 11 is 0. The summed E-state index contributed by atoms with van der Waals surface area (Å²) in [5, 5.41) is 3.49. The zero-order valence-electron chi connectivity index (χ0n) is 10.7. The van der Waals surface area contributed by atoms with Crippen LogP contribution in [-0.4, -0.2) is 21.0 Å². The van der Waals surface area contributed by atoms with Gasteiger partial charge in [-0.25, -0.2) is 9.37 Å². The summed E-state index contributed by atoms with van der Waals surface area (Å²) in [4.78, 5) is 11.4. The topological polar surface area (TPSA) is 53.6 Å². The predicted octanol–water partition coefficient (Wildman–Crippen LogP) is 2.64. The molecule has 4 nitrogen and oxygen atoms in total. The number of aromatic amines is 1. The molecule has 2 aromatic rings. The van der Waals surface area contributed by atoms with E-state index in [1.807, 2.05) is 0 Å². The van der Waals surface area contributed by atoms with Crippen molar-refractivity contribution >= 4 is 0 Å². The Hall–Kier alpha value is -1.75. The zero-order valence-corrected chi connectivity index (χ0v) is 10.7. The Bertz CT molecular complexity index is 546. The molecule has 1 saturated carbocycles. The monoisotopic (exact) mass is 260 g/mol. The van der Waals surface area contributed by atoms with Gasteiger partial charge in [-0.1, -0.05) is 12.8 Å². The average Bonchev–Trinajstić information content (AvgIpc) is 3.08. The van der Waals surface area contributed by atoms with Gasteiger partial charge in [0.25, 0.3) is 0 Å². The molecule has 2 heterocycles. The van der Waals surface area contributed by atoms with Crippen LogP contribution < -0.4 is 5.32 Å². The van der Waals surface area contributed by atoms with E-state index in [-0.39, 0.29) is 5.82 Å². The number of halogens is 1. The fourth-order valence-corrected chi connectivity index (χ4v) is 2.53. The van der Waals surface area contributed by atoms with E-state index in [0.717, 1.165) is 23.6 Å². The van der Waals surface area contributed by atoms with Gasteiger partial charge in [0.1, 0.15) is 11.6 Å². The van der Waals surface area contributed by atoms with Gasteiger partial charge in [0.05, 0.1) is 24.6 Å². The lowest BCUT2D eigenvalue weighted by Crippen LogP contribution is -2.25. The zero-order chi connectivity index (χ0) is 13.1. The highest BCUT2D eigenvalue weighted by Gasteiger charge is 2.14. The summed E-state index contributed by atoms with van der Waals surface area (Å²) < 4.78 is 13.1. The summed E-state index contributed by atoms with van der Waals surface area (Å²) in [5.41, 5.74) is 1.52. The lowest BCUT2D eigenvalue weighted by molar-refractivity contribution is 0.515. The van der Waals surface area contributed by atoms with Gasteiger partial charge < -0.3 is 10.3 Å². The molecule has 0 aliphatic heterocycles. The number of nitrogens with one attached hydrogen (secondary N) is 2. The van der Waals surface area contributed by atoms with E-state index in [0.29, 0.717) is 6.04 Å². The Kier molecular flexibility index (Phi) is 3.55. The Morgan fingerprint density at radius 1 is 1.26 bits per heavy atom. The van der Waals surface area contributed by atoms with Crippen LogP contribution in [0.4, 0.5) is 4.39 Å². The van der Waals surface area contributed by atoms with Crippen molar-refractivity contribution < 1.29 is 4.39 Å². The smallest absolute Gasteiger partial charge is 0.142 e. The molecule has 0 saturated heterocycles. The number of aromatic nitrogens is 3. The number of rotatable bonds is 4. The number of hydrogen-bond acceptors (Lipinski definition) is 3. The first-order chi connectivity index (χ1) is 9.31. The minimum absolute atomic E-state index is 0.335. The molecule has 1 fully saturated rings. The highest BCUT2D eigenvalue weighted by molar-refractivity contribution is 5.56. The molecule has 1 aliphatic carbocycles. The fraction of sp³-hybridized carbons (Fsp3) is 0.429. The van der Waals surface area contributed by atoms with Crippen LogP contribution in [0.25, 0.3) is 11.3 Å². The third kappa shape index (κ3) is 2.98. The standard InChI is InChI=1S/C14H17FN4/c15-11-5-10(6-16-7-11)13-8-18-14(19-13)9-17-12-3-1-2-4-12/h5-8,12,17H,1-4,9H2,(H,18,19). The predicted molar refractivity (Wildman–Crippen MR) is 70.9 cm³/mol. The number of hydrogen-bond donors (Lipinski definition) is 2. The molecule has 2 N–H and O–H groups in total. The molecule has 0 amide bonds. The Morgan fingerprint density at radius 2 is 2.11 bits per heavy atom. The van der Waals surface area contributed by atoms with Crippen molar-refractivity contribution in [3.05, 3.63) is 36.3 Å². The molecule has 5 heteroatoms. The average molecular weight is 260 g/mol. The second-order valence-corrected chi connectivity index (χ2v) is 5.00. The van der Waals surface area contributed by atoms with E-state index >= 15 is 0 Å². The largest absolute Gasteiger partial charge is 0.341 e. The maximum absolute atomic E-state index is 13.1. The number of nitrogens with zero attached hydrogens (tertiary/aromatic N) is 2. The van der Waals surface area contributed by atoms with E-state index in [1.54, 1.807) is 12.4 Å². The van der Waals surface area contributed by atoms with Gasteiger partial charge >= 0.3 is 0 Å². The van der Waals surface area contributed by atoms with Crippen molar-refractivity contribution in [3.63, 3.8) is 0 Å². The van der Waals surface area contributed by atoms with Gasteiger partial charge in [0, 0.05) is 17.8 Å². The van der Waals surface area contributed by atoms with E-state index in [2.05, 4.69) is 20.3 Å². The lowest BCUT2D eigenvalue weighted by Gasteiger charge is -2.09. The van der Waals surface area contributed by atoms with Crippen molar-refractivity contribution in [2.75, 3.05) is 0 Å². The van der Waals surface area contributed by atoms with Crippen LogP contribution in [0.5, 0.6) is 0 Å². The van der Waals surface area contributed by atoms with Crippen LogP contribution in [0.2, 0.25) is 0 Å². The van der Waals surface area contributed by atoms with E-state index in [4.69, 9.17) is 0 Å². The molecule has 0 atom stereocenters. The summed E-state index contributed by atoms with van der Waals surface area (Å²) in [6.45, 7) is 0.730. The summed E-state index contributed by atoms with van der Waals surface area (Å²) in [6, 6.07) is 2.07. The number of H-pyrrole nitrogens is 1. The van der Waals surface area contributed by atoms with Crippen molar-refractivity contribution in [1.29, 1.82) is 0 Å². The van der Waals surface area contributed by atoms with Gasteiger partial charge in [-0.05, 0) is 18.9 Å². The van der Waals surface area contributed by atoms with Crippen LogP contribution in [0, 0.1) is 5.82 Å². The van der Waals surface area contributed by atoms with Crippen molar-refractivity contribution in [3.8, 4) is 11.3 Å². The van der Waals surface area contributed by atoms with E-state index < -0.39 is 0 Å². The summed E-state index contributed by atoms with van der Waals surface area (Å²) in [5.74, 6) is 0.545. The molecule has 0 bridgehead atoms. The molecule has 19 heavy (non-hydrogen) atoms. The van der Waals surface area contributed by atoms with Gasteiger partial charge in [0.2, 0.25) is 0 Å². The van der Waals surface area contributed by atoms with Crippen LogP contribution in [0.3, 0.4) is 0 Å². The molecule has 1 aliphatic rings. The Morgan fingerprint density at radius 3 is 2.89 bits per heavy atom. The van der Waals surface area contributed by atoms with Gasteiger partial charge in [-0.15, -0.1) is 0 Å². The Balaban J connectivity index is 1.65. The minimum Gasteiger partial charge on any atom is -0.341 e. The molecular weight excluding hydrogens is 243 g/mol. The quantitative estimate of drug-likeness (QED) is 0.888. The number of pyridine rings is 1. The minimum atomic E-state index is -0.335. The van der Waals surface area contributed by atoms with Gasteiger partial charge in [-0.3, -0.25) is 4.98 Å². The molecule has 0 radical (unpaired) electrons. The molecular formula is C14H17FN4. The van der Waals surface area contributed by atoms with Crippen LogP contribution in [-0.2, 0) is 6.54 Å². The Labute approximate surface area is 111 Å². The molecule has 2 aromatic heterocycles. The van der Waals surface area contributed by atoms with E-state index in [1.165, 1.54) is 37.9 Å². The van der Waals surface area contributed by atoms with E-state index in [9.17, 15) is 4.39 Å². The van der Waals surface area contributed by atoms with Crippen molar-refractivity contribution in [1.82, 2.24) is 20.3 Å². The van der Waals surface area contributed by atoms with Gasteiger partial charge in [0.15, 0.2) is 0 Å². The third-order valence-electron chi connectivity index (χ3n) is 3.56. The highest BCUT2D eigenvalue weighted by Crippen LogP contribution is 2.19. The van der Waals surface area contributed by atoms with Crippen LogP contribution >= 0.6 is 0 Å². The van der Waals surface area contributed by atoms with Crippen molar-refractivity contribution in [2.24, 2.45) is 0 Å². The SMILES string of the molecule is Fc1cncc(-c2cnc(CNC3CCCC3)[nH]2)c1. The fourth-order valence-electron chi connectivity index (χ4n) is 2.53. The van der Waals surface area contributed by atoms with Crippen LogP contribution in [0.15, 0.2) is 24.7 Å². The van der Waals surface area contributed by atoms with Crippen molar-refractivity contribution in [2.45, 2.75) is 38.3 Å². The second-order valence-electron chi connectivity index (χ2n) is 5.00. The summed E-state index contributed by atoms with van der Waals surface area (Å²) in [6.07, 6.45) is 9.68. The second kappa shape index (κ2) is 5.48. The first kappa shape index (κ1) is 12.3. The lowest BCUT2D eigenvalue weighted by atomic mass is 10.2. The molecule has 100 valence electrons. The maximum Gasteiger partial charge on any atom is 0.142 e. The first-order valence-electron chi connectivity index (χ1n) is 6.69. The third-order valence-corrected chi connectivity index (χ3v) is 3.56. The molecule has 3 rings (SSSR count). The maximum atomic E-state index is 13.1. The summed E-state index contributed by atoms with van der Waals surface area (Å²) in [7, 11) is 0. The molecule has 0 aromatic carbocycles. The van der Waals surface area contributed by atoms with Gasteiger partial charge in [-0.2, -0.15) is 0 Å². The normalized spacial score (nSPS) is 16.1.